The summed E-state index contributed by atoms with van der Waals surface area (Å²) in [5.41, 5.74) is 2.22. The van der Waals surface area contributed by atoms with Gasteiger partial charge in [-0.25, -0.2) is 4.98 Å². The van der Waals surface area contributed by atoms with Crippen molar-refractivity contribution in [1.29, 1.82) is 0 Å². The lowest BCUT2D eigenvalue weighted by Gasteiger charge is -1.98. The van der Waals surface area contributed by atoms with Gasteiger partial charge in [0.25, 0.3) is 5.56 Å². The van der Waals surface area contributed by atoms with Crippen LogP contribution in [0.3, 0.4) is 0 Å². The summed E-state index contributed by atoms with van der Waals surface area (Å²) in [7, 11) is 0. The normalized spacial score (nSPS) is 12.2. The summed E-state index contributed by atoms with van der Waals surface area (Å²) in [4.78, 5) is 23.0. The number of nitrogens with one attached hydrogen (secondary N) is 2. The van der Waals surface area contributed by atoms with Gasteiger partial charge in [0.1, 0.15) is 5.58 Å². The minimum Gasteiger partial charge on any atom is -0.494 e. The molecule has 6 rings (SSSR count). The lowest BCUT2D eigenvalue weighted by Crippen LogP contribution is -1.96. The Morgan fingerprint density at radius 2 is 1.81 bits per heavy atom. The third-order valence-corrected chi connectivity index (χ3v) is 4.95. The number of fused-ring (bicyclic) bond motifs is 6. The summed E-state index contributed by atoms with van der Waals surface area (Å²) in [5, 5.41) is 14.3. The van der Waals surface area contributed by atoms with Crippen molar-refractivity contribution in [2.75, 3.05) is 0 Å². The molecule has 0 fully saturated rings. The predicted octanol–water partition coefficient (Wildman–Crippen LogP) is 4.16. The van der Waals surface area contributed by atoms with Crippen molar-refractivity contribution in [3.63, 3.8) is 0 Å². The number of para-hydroxylation sites is 1. The highest BCUT2D eigenvalue weighted by atomic mass is 16.3. The first-order chi connectivity index (χ1) is 12.7. The molecule has 0 aliphatic rings. The molecule has 6 aromatic rings. The molecular weight excluding hydrogens is 330 g/mol. The van der Waals surface area contributed by atoms with E-state index >= 15 is 0 Å². The molecule has 124 valence electrons. The van der Waals surface area contributed by atoms with Crippen molar-refractivity contribution in [2.45, 2.75) is 0 Å². The van der Waals surface area contributed by atoms with Gasteiger partial charge in [-0.3, -0.25) is 9.78 Å². The van der Waals surface area contributed by atoms with E-state index in [2.05, 4.69) is 15.0 Å². The van der Waals surface area contributed by atoms with Crippen LogP contribution in [-0.4, -0.2) is 20.1 Å². The largest absolute Gasteiger partial charge is 0.494 e. The zero-order valence-corrected chi connectivity index (χ0v) is 13.3. The van der Waals surface area contributed by atoms with Gasteiger partial charge >= 0.3 is 0 Å². The highest BCUT2D eigenvalue weighted by Gasteiger charge is 2.19. The standard InChI is InChI=1S/C20H11N3O3/c24-18-15-10-8-21-12-6-3-7-13(14(10)12)26-20-16(17(15)19(25)23-18)9-4-1-2-5-11(9)22-20/h1-8,21,24H,(H,23,25). The molecule has 0 unspecified atom stereocenters. The van der Waals surface area contributed by atoms with Crippen molar-refractivity contribution in [3.8, 4) is 5.88 Å². The van der Waals surface area contributed by atoms with Crippen LogP contribution in [0, 0.1) is 0 Å². The van der Waals surface area contributed by atoms with E-state index < -0.39 is 0 Å². The fourth-order valence-electron chi connectivity index (χ4n) is 3.88. The molecule has 4 heterocycles. The second-order valence-electron chi connectivity index (χ2n) is 6.34. The zero-order valence-electron chi connectivity index (χ0n) is 13.3. The average molecular weight is 341 g/mol. The molecule has 0 atom stereocenters. The molecule has 0 spiro atoms. The first kappa shape index (κ1) is 13.5. The van der Waals surface area contributed by atoms with Gasteiger partial charge in [-0.15, -0.1) is 0 Å². The molecular formula is C20H11N3O3. The summed E-state index contributed by atoms with van der Waals surface area (Å²) >= 11 is 0. The third kappa shape index (κ3) is 1.51. The molecule has 0 aliphatic heterocycles. The highest BCUT2D eigenvalue weighted by Crippen LogP contribution is 2.38. The van der Waals surface area contributed by atoms with E-state index in [1.54, 1.807) is 6.20 Å². The number of aromatic nitrogens is 3. The van der Waals surface area contributed by atoms with Crippen LogP contribution in [0.4, 0.5) is 0 Å². The number of aromatic amines is 2. The van der Waals surface area contributed by atoms with Crippen molar-refractivity contribution in [2.24, 2.45) is 0 Å². The maximum Gasteiger partial charge on any atom is 0.259 e. The van der Waals surface area contributed by atoms with Gasteiger partial charge in [-0.2, -0.15) is 0 Å². The fraction of sp³-hybridized carbons (Fsp3) is 0. The Hall–Kier alpha value is -3.80. The molecule has 6 nitrogen and oxygen atoms in total. The second-order valence-corrected chi connectivity index (χ2v) is 6.34. The summed E-state index contributed by atoms with van der Waals surface area (Å²) in [6.07, 6.45) is 1.78. The van der Waals surface area contributed by atoms with E-state index in [1.165, 1.54) is 0 Å². The molecule has 3 N–H and O–H groups in total. The molecule has 0 aliphatic carbocycles. The van der Waals surface area contributed by atoms with E-state index in [-0.39, 0.29) is 11.4 Å². The highest BCUT2D eigenvalue weighted by molar-refractivity contribution is 6.26. The van der Waals surface area contributed by atoms with Crippen LogP contribution in [-0.2, 0) is 0 Å². The Morgan fingerprint density at radius 3 is 2.73 bits per heavy atom. The molecule has 0 amide bonds. The van der Waals surface area contributed by atoms with E-state index in [0.29, 0.717) is 27.5 Å². The number of aromatic hydroxyl groups is 1. The van der Waals surface area contributed by atoms with Crippen LogP contribution in [0.2, 0.25) is 0 Å². The van der Waals surface area contributed by atoms with Gasteiger partial charge in [0, 0.05) is 22.5 Å². The lowest BCUT2D eigenvalue weighted by molar-refractivity contribution is 0.462. The van der Waals surface area contributed by atoms with Gasteiger partial charge in [0.05, 0.1) is 27.1 Å². The van der Waals surface area contributed by atoms with E-state index in [0.717, 1.165) is 27.2 Å². The Morgan fingerprint density at radius 1 is 0.923 bits per heavy atom. The number of rotatable bonds is 0. The van der Waals surface area contributed by atoms with Crippen LogP contribution >= 0.6 is 0 Å². The van der Waals surface area contributed by atoms with E-state index in [1.807, 2.05) is 42.5 Å². The number of nitrogens with zero attached hydrogens (tertiary/aromatic N) is 1. The van der Waals surface area contributed by atoms with Crippen molar-refractivity contribution < 1.29 is 9.52 Å². The summed E-state index contributed by atoms with van der Waals surface area (Å²) in [6.45, 7) is 0. The quantitative estimate of drug-likeness (QED) is 0.386. The van der Waals surface area contributed by atoms with Gasteiger partial charge in [-0.1, -0.05) is 24.3 Å². The molecule has 2 aromatic carbocycles. The monoisotopic (exact) mass is 341 g/mol. The second kappa shape index (κ2) is 4.43. The minimum absolute atomic E-state index is 0.154. The Bertz CT molecular complexity index is 1570. The first-order valence-corrected chi connectivity index (χ1v) is 8.18. The van der Waals surface area contributed by atoms with Gasteiger partial charge in [0.15, 0.2) is 5.88 Å². The predicted molar refractivity (Wildman–Crippen MR) is 101 cm³/mol. The molecule has 0 saturated carbocycles. The first-order valence-electron chi connectivity index (χ1n) is 8.18. The van der Waals surface area contributed by atoms with Crippen molar-refractivity contribution in [3.05, 3.63) is 59.0 Å². The van der Waals surface area contributed by atoms with Crippen LogP contribution in [0.15, 0.2) is 57.9 Å². The van der Waals surface area contributed by atoms with Crippen LogP contribution in [0.1, 0.15) is 0 Å². The van der Waals surface area contributed by atoms with E-state index in [9.17, 15) is 9.90 Å². The van der Waals surface area contributed by atoms with Crippen LogP contribution < -0.4 is 5.56 Å². The zero-order chi connectivity index (χ0) is 17.4. The topological polar surface area (TPSA) is 94.9 Å². The molecule has 0 radical (unpaired) electrons. The Kier molecular flexibility index (Phi) is 2.30. The number of hydrogen-bond donors (Lipinski definition) is 3. The average Bonchev–Trinajstić information content (AvgIpc) is 3.26. The van der Waals surface area contributed by atoms with Crippen molar-refractivity contribution in [1.82, 2.24) is 15.0 Å². The summed E-state index contributed by atoms with van der Waals surface area (Å²) < 4.78 is 6.15. The third-order valence-electron chi connectivity index (χ3n) is 4.95. The Balaban J connectivity index is 2.13. The molecule has 0 bridgehead atoms. The molecule has 26 heavy (non-hydrogen) atoms. The summed E-state index contributed by atoms with van der Waals surface area (Å²) in [5.74, 6) is -0.154. The maximum atomic E-state index is 12.7. The van der Waals surface area contributed by atoms with Gasteiger partial charge < -0.3 is 14.5 Å². The van der Waals surface area contributed by atoms with Crippen molar-refractivity contribution >= 4 is 54.6 Å². The lowest BCUT2D eigenvalue weighted by atomic mass is 10.1. The minimum atomic E-state index is -0.366. The SMILES string of the molecule is O=c1[nH]c(O)c2c3c[nH]c4cccc(oc5nc6ccccc6c5c12)c43. The van der Waals surface area contributed by atoms with Crippen LogP contribution in [0.25, 0.3) is 54.6 Å². The molecule has 6 heteroatoms. The van der Waals surface area contributed by atoms with Gasteiger partial charge in [-0.05, 0) is 18.2 Å². The fourth-order valence-corrected chi connectivity index (χ4v) is 3.88. The molecule has 4 aromatic heterocycles. The number of hydrogen-bond acceptors (Lipinski definition) is 4. The van der Waals surface area contributed by atoms with E-state index in [4.69, 9.17) is 4.42 Å². The Labute approximate surface area is 144 Å². The van der Waals surface area contributed by atoms with Gasteiger partial charge in [0.2, 0.25) is 5.71 Å². The maximum absolute atomic E-state index is 12.7. The summed E-state index contributed by atoms with van der Waals surface area (Å²) in [6, 6.07) is 13.2. The van der Waals surface area contributed by atoms with Crippen LogP contribution in [0.5, 0.6) is 5.88 Å². The molecule has 0 saturated heterocycles. The smallest absolute Gasteiger partial charge is 0.259 e. The number of H-pyrrole nitrogens is 2. The number of benzene rings is 2.